The van der Waals surface area contributed by atoms with Crippen LogP contribution in [0.2, 0.25) is 0 Å². The summed E-state index contributed by atoms with van der Waals surface area (Å²) in [4.78, 5) is 11.8. The van der Waals surface area contributed by atoms with Crippen molar-refractivity contribution < 1.29 is 4.79 Å². The molecule has 0 radical (unpaired) electrons. The van der Waals surface area contributed by atoms with Crippen LogP contribution in [0.25, 0.3) is 11.8 Å². The molecule has 1 aliphatic rings. The molecule has 0 fully saturated rings. The van der Waals surface area contributed by atoms with Crippen molar-refractivity contribution >= 4 is 17.7 Å². The first kappa shape index (κ1) is 10.8. The van der Waals surface area contributed by atoms with E-state index >= 15 is 0 Å². The number of aryl methyl sites for hydroxylation is 1. The van der Waals surface area contributed by atoms with Crippen LogP contribution in [0.15, 0.2) is 48.5 Å². The van der Waals surface area contributed by atoms with E-state index < -0.39 is 0 Å². The molecule has 0 aromatic heterocycles. The molecule has 2 nitrogen and oxygen atoms in total. The van der Waals surface area contributed by atoms with Gasteiger partial charge in [0.15, 0.2) is 0 Å². The predicted octanol–water partition coefficient (Wildman–Crippen LogP) is 3.24. The summed E-state index contributed by atoms with van der Waals surface area (Å²) in [6, 6.07) is 15.9. The molecule has 0 bridgehead atoms. The summed E-state index contributed by atoms with van der Waals surface area (Å²) < 4.78 is 0. The Morgan fingerprint density at radius 2 is 1.78 bits per heavy atom. The van der Waals surface area contributed by atoms with E-state index in [9.17, 15) is 4.79 Å². The number of nitrogens with one attached hydrogen (secondary N) is 1. The van der Waals surface area contributed by atoms with Crippen molar-refractivity contribution in [3.05, 3.63) is 70.8 Å². The molecular formula is C16H13NO. The monoisotopic (exact) mass is 235 g/mol. The highest BCUT2D eigenvalue weighted by Gasteiger charge is 2.23. The number of hydrogen-bond acceptors (Lipinski definition) is 1. The lowest BCUT2D eigenvalue weighted by Crippen LogP contribution is -2.11. The quantitative estimate of drug-likeness (QED) is 0.807. The summed E-state index contributed by atoms with van der Waals surface area (Å²) in [6.45, 7) is 2.03. The summed E-state index contributed by atoms with van der Waals surface area (Å²) in [6.07, 6.45) is 2.00. The van der Waals surface area contributed by atoms with Gasteiger partial charge in [-0.25, -0.2) is 0 Å². The van der Waals surface area contributed by atoms with Crippen molar-refractivity contribution in [2.45, 2.75) is 6.92 Å². The Kier molecular flexibility index (Phi) is 2.49. The van der Waals surface area contributed by atoms with Crippen LogP contribution in [0.3, 0.4) is 0 Å². The Hall–Kier alpha value is -2.35. The molecule has 0 saturated carbocycles. The first-order chi connectivity index (χ1) is 8.74. The van der Waals surface area contributed by atoms with Crippen LogP contribution in [0.5, 0.6) is 0 Å². The molecule has 0 saturated heterocycles. The molecule has 2 aromatic carbocycles. The fraction of sp³-hybridized carbons (Fsp3) is 0.0625. The lowest BCUT2D eigenvalue weighted by atomic mass is 10.0. The van der Waals surface area contributed by atoms with Crippen LogP contribution in [0.1, 0.15) is 27.0 Å². The molecule has 1 aliphatic heterocycles. The second kappa shape index (κ2) is 4.15. The van der Waals surface area contributed by atoms with E-state index in [0.717, 1.165) is 28.0 Å². The van der Waals surface area contributed by atoms with E-state index in [1.165, 1.54) is 0 Å². The third kappa shape index (κ3) is 1.82. The van der Waals surface area contributed by atoms with Crippen molar-refractivity contribution in [3.8, 4) is 0 Å². The van der Waals surface area contributed by atoms with Crippen LogP contribution >= 0.6 is 0 Å². The van der Waals surface area contributed by atoms with Gasteiger partial charge in [0, 0.05) is 16.8 Å². The Labute approximate surface area is 106 Å². The van der Waals surface area contributed by atoms with Crippen LogP contribution in [0.4, 0.5) is 0 Å². The zero-order chi connectivity index (χ0) is 12.5. The lowest BCUT2D eigenvalue weighted by Gasteiger charge is -2.01. The van der Waals surface area contributed by atoms with Crippen LogP contribution in [-0.4, -0.2) is 5.91 Å². The van der Waals surface area contributed by atoms with E-state index in [1.807, 2.05) is 61.5 Å². The maximum Gasteiger partial charge on any atom is 0.256 e. The molecular weight excluding hydrogens is 222 g/mol. The van der Waals surface area contributed by atoms with Gasteiger partial charge in [0.25, 0.3) is 5.91 Å². The van der Waals surface area contributed by atoms with E-state index in [2.05, 4.69) is 5.32 Å². The van der Waals surface area contributed by atoms with Crippen molar-refractivity contribution in [2.24, 2.45) is 0 Å². The minimum atomic E-state index is -0.0211. The molecule has 0 unspecified atom stereocenters. The average Bonchev–Trinajstić information content (AvgIpc) is 2.67. The first-order valence-electron chi connectivity index (χ1n) is 5.93. The maximum absolute atomic E-state index is 11.8. The highest BCUT2D eigenvalue weighted by Crippen LogP contribution is 2.27. The molecule has 3 rings (SSSR count). The van der Waals surface area contributed by atoms with E-state index in [0.29, 0.717) is 0 Å². The van der Waals surface area contributed by atoms with Gasteiger partial charge in [0.1, 0.15) is 0 Å². The third-order valence-corrected chi connectivity index (χ3v) is 3.07. The smallest absolute Gasteiger partial charge is 0.256 e. The Morgan fingerprint density at radius 1 is 1.00 bits per heavy atom. The normalized spacial score (nSPS) is 15.6. The van der Waals surface area contributed by atoms with E-state index in [1.54, 1.807) is 0 Å². The topological polar surface area (TPSA) is 29.1 Å². The van der Waals surface area contributed by atoms with Gasteiger partial charge in [0.05, 0.1) is 0 Å². The summed E-state index contributed by atoms with van der Waals surface area (Å²) in [5, 5.41) is 2.92. The number of benzene rings is 2. The van der Waals surface area contributed by atoms with Crippen molar-refractivity contribution in [1.82, 2.24) is 5.32 Å². The minimum absolute atomic E-state index is 0.0211. The predicted molar refractivity (Wildman–Crippen MR) is 73.0 cm³/mol. The van der Waals surface area contributed by atoms with Crippen molar-refractivity contribution in [1.29, 1.82) is 0 Å². The van der Waals surface area contributed by atoms with Gasteiger partial charge in [-0.1, -0.05) is 42.0 Å². The maximum atomic E-state index is 11.8. The van der Waals surface area contributed by atoms with Gasteiger partial charge in [-0.05, 0) is 30.7 Å². The molecule has 2 heteroatoms. The zero-order valence-corrected chi connectivity index (χ0v) is 10.1. The number of rotatable bonds is 1. The molecule has 1 N–H and O–H groups in total. The Morgan fingerprint density at radius 3 is 2.56 bits per heavy atom. The summed E-state index contributed by atoms with van der Waals surface area (Å²) in [5.74, 6) is -0.0211. The van der Waals surface area contributed by atoms with Crippen LogP contribution in [-0.2, 0) is 0 Å². The lowest BCUT2D eigenvalue weighted by molar-refractivity contribution is 0.0981. The number of hydrogen-bond donors (Lipinski definition) is 1. The van der Waals surface area contributed by atoms with Gasteiger partial charge in [-0.2, -0.15) is 0 Å². The molecule has 0 atom stereocenters. The van der Waals surface area contributed by atoms with Crippen LogP contribution < -0.4 is 5.32 Å². The fourth-order valence-electron chi connectivity index (χ4n) is 2.17. The van der Waals surface area contributed by atoms with Crippen molar-refractivity contribution in [3.63, 3.8) is 0 Å². The van der Waals surface area contributed by atoms with E-state index in [4.69, 9.17) is 0 Å². The largest absolute Gasteiger partial charge is 0.321 e. The standard InChI is InChI=1S/C16H13NO/c1-11-7-8-13-14(9-11)15(17-16(13)18)10-12-5-3-2-4-6-12/h2-10H,1H3,(H,17,18). The van der Waals surface area contributed by atoms with Gasteiger partial charge in [0.2, 0.25) is 0 Å². The minimum Gasteiger partial charge on any atom is -0.321 e. The first-order valence-corrected chi connectivity index (χ1v) is 5.93. The summed E-state index contributed by atoms with van der Waals surface area (Å²) in [5.41, 5.74) is 4.86. The third-order valence-electron chi connectivity index (χ3n) is 3.07. The molecule has 2 aromatic rings. The highest BCUT2D eigenvalue weighted by atomic mass is 16.1. The van der Waals surface area contributed by atoms with E-state index in [-0.39, 0.29) is 5.91 Å². The molecule has 18 heavy (non-hydrogen) atoms. The second-order valence-electron chi connectivity index (χ2n) is 4.47. The highest BCUT2D eigenvalue weighted by molar-refractivity contribution is 6.11. The van der Waals surface area contributed by atoms with Crippen molar-refractivity contribution in [2.75, 3.05) is 0 Å². The Balaban J connectivity index is 2.10. The number of carbonyl (C=O) groups is 1. The second-order valence-corrected chi connectivity index (χ2v) is 4.47. The molecule has 0 spiro atoms. The zero-order valence-electron chi connectivity index (χ0n) is 10.1. The number of amides is 1. The summed E-state index contributed by atoms with van der Waals surface area (Å²) in [7, 11) is 0. The van der Waals surface area contributed by atoms with Crippen LogP contribution in [0, 0.1) is 6.92 Å². The van der Waals surface area contributed by atoms with Gasteiger partial charge >= 0.3 is 0 Å². The van der Waals surface area contributed by atoms with Gasteiger partial charge in [-0.3, -0.25) is 4.79 Å². The average molecular weight is 235 g/mol. The molecule has 1 amide bonds. The fourth-order valence-corrected chi connectivity index (χ4v) is 2.17. The Bertz CT molecular complexity index is 641. The molecule has 88 valence electrons. The molecule has 1 heterocycles. The summed E-state index contributed by atoms with van der Waals surface area (Å²) >= 11 is 0. The molecule has 0 aliphatic carbocycles. The van der Waals surface area contributed by atoms with Gasteiger partial charge < -0.3 is 5.32 Å². The number of carbonyl (C=O) groups excluding carboxylic acids is 1. The van der Waals surface area contributed by atoms with Gasteiger partial charge in [-0.15, -0.1) is 0 Å². The number of fused-ring (bicyclic) bond motifs is 1. The SMILES string of the molecule is Cc1ccc2c(c1)C(=Cc1ccccc1)NC2=O.